The first-order valence-electron chi connectivity index (χ1n) is 4.50. The number of hydrogen-bond acceptors (Lipinski definition) is 2. The van der Waals surface area contributed by atoms with E-state index in [1.807, 2.05) is 0 Å². The quantitative estimate of drug-likeness (QED) is 0.782. The van der Waals surface area contributed by atoms with Crippen molar-refractivity contribution in [2.75, 3.05) is 7.11 Å². The first kappa shape index (κ1) is 10.2. The number of para-hydroxylation sites is 1. The normalized spacial score (nSPS) is 10.8. The van der Waals surface area contributed by atoms with Crippen molar-refractivity contribution in [1.82, 2.24) is 4.57 Å². The topological polar surface area (TPSA) is 31.2 Å². The van der Waals surface area contributed by atoms with E-state index in [1.54, 1.807) is 36.1 Å². The lowest BCUT2D eigenvalue weighted by atomic mass is 10.2. The van der Waals surface area contributed by atoms with E-state index in [0.717, 1.165) is 0 Å². The fraction of sp³-hybridized carbons (Fsp3) is 0.182. The summed E-state index contributed by atoms with van der Waals surface area (Å²) >= 11 is 6.05. The van der Waals surface area contributed by atoms with Gasteiger partial charge in [-0.15, -0.1) is 0 Å². The van der Waals surface area contributed by atoms with Crippen molar-refractivity contribution in [2.24, 2.45) is 0 Å². The van der Waals surface area contributed by atoms with Gasteiger partial charge in [0, 0.05) is 24.8 Å². The van der Waals surface area contributed by atoms with E-state index in [2.05, 4.69) is 0 Å². The molecule has 1 heterocycles. The molecule has 0 radical (unpaired) electrons. The van der Waals surface area contributed by atoms with Crippen LogP contribution >= 0.6 is 11.6 Å². The van der Waals surface area contributed by atoms with Crippen LogP contribution in [0.1, 0.15) is 0 Å². The standard InChI is InChI=1S/C11H10ClNO2/c1-15-7-13-6-5-10(14)8-3-2-4-9(12)11(8)13/h2-6H,7H2,1H3. The zero-order chi connectivity index (χ0) is 10.8. The van der Waals surface area contributed by atoms with Crippen LogP contribution in [0.2, 0.25) is 5.02 Å². The van der Waals surface area contributed by atoms with Gasteiger partial charge in [0.25, 0.3) is 0 Å². The number of aromatic nitrogens is 1. The summed E-state index contributed by atoms with van der Waals surface area (Å²) < 4.78 is 6.84. The van der Waals surface area contributed by atoms with Crippen molar-refractivity contribution in [3.8, 4) is 0 Å². The van der Waals surface area contributed by atoms with Gasteiger partial charge in [0.05, 0.1) is 10.5 Å². The summed E-state index contributed by atoms with van der Waals surface area (Å²) in [4.78, 5) is 11.6. The Labute approximate surface area is 91.9 Å². The van der Waals surface area contributed by atoms with E-state index in [1.165, 1.54) is 6.07 Å². The molecule has 3 nitrogen and oxygen atoms in total. The third-order valence-corrected chi connectivity index (χ3v) is 2.52. The lowest BCUT2D eigenvalue weighted by Crippen LogP contribution is -2.09. The Bertz CT molecular complexity index is 548. The Balaban J connectivity index is 2.84. The van der Waals surface area contributed by atoms with E-state index in [0.29, 0.717) is 22.7 Å². The summed E-state index contributed by atoms with van der Waals surface area (Å²) in [6.07, 6.45) is 1.68. The molecule has 0 aliphatic carbocycles. The minimum absolute atomic E-state index is 0.0279. The number of fused-ring (bicyclic) bond motifs is 1. The molecule has 0 saturated heterocycles. The van der Waals surface area contributed by atoms with Gasteiger partial charge in [-0.1, -0.05) is 17.7 Å². The molecule has 78 valence electrons. The van der Waals surface area contributed by atoms with Gasteiger partial charge in [0.1, 0.15) is 6.73 Å². The second kappa shape index (κ2) is 4.04. The largest absolute Gasteiger partial charge is 0.364 e. The summed E-state index contributed by atoms with van der Waals surface area (Å²) in [5.41, 5.74) is 0.688. The second-order valence-corrected chi connectivity index (χ2v) is 3.61. The van der Waals surface area contributed by atoms with Crippen LogP contribution in [0.4, 0.5) is 0 Å². The van der Waals surface area contributed by atoms with E-state index in [4.69, 9.17) is 16.3 Å². The average Bonchev–Trinajstić information content (AvgIpc) is 2.23. The van der Waals surface area contributed by atoms with E-state index < -0.39 is 0 Å². The predicted octanol–water partition coefficient (Wildman–Crippen LogP) is 2.26. The van der Waals surface area contributed by atoms with Crippen molar-refractivity contribution in [1.29, 1.82) is 0 Å². The summed E-state index contributed by atoms with van der Waals surface area (Å²) in [5.74, 6) is 0. The number of benzene rings is 1. The van der Waals surface area contributed by atoms with Gasteiger partial charge in [-0.25, -0.2) is 0 Å². The Kier molecular flexibility index (Phi) is 2.75. The zero-order valence-corrected chi connectivity index (χ0v) is 8.99. The Morgan fingerprint density at radius 1 is 1.40 bits per heavy atom. The first-order valence-corrected chi connectivity index (χ1v) is 4.88. The molecule has 0 amide bonds. The maximum Gasteiger partial charge on any atom is 0.189 e. The van der Waals surface area contributed by atoms with Crippen LogP contribution < -0.4 is 5.43 Å². The number of rotatable bonds is 2. The summed E-state index contributed by atoms with van der Waals surface area (Å²) in [6.45, 7) is 0.376. The van der Waals surface area contributed by atoms with Crippen molar-refractivity contribution in [2.45, 2.75) is 6.73 Å². The fourth-order valence-electron chi connectivity index (χ4n) is 1.57. The molecule has 15 heavy (non-hydrogen) atoms. The second-order valence-electron chi connectivity index (χ2n) is 3.20. The molecular formula is C11H10ClNO2. The number of hydrogen-bond donors (Lipinski definition) is 0. The maximum absolute atomic E-state index is 11.6. The van der Waals surface area contributed by atoms with Crippen molar-refractivity contribution < 1.29 is 4.74 Å². The van der Waals surface area contributed by atoms with Crippen LogP contribution in [0.5, 0.6) is 0 Å². The van der Waals surface area contributed by atoms with Gasteiger partial charge in [0.2, 0.25) is 0 Å². The van der Waals surface area contributed by atoms with Crippen molar-refractivity contribution in [3.63, 3.8) is 0 Å². The highest BCUT2D eigenvalue weighted by atomic mass is 35.5. The maximum atomic E-state index is 11.6. The van der Waals surface area contributed by atoms with E-state index in [9.17, 15) is 4.79 Å². The van der Waals surface area contributed by atoms with Crippen LogP contribution in [-0.2, 0) is 11.5 Å². The molecule has 0 N–H and O–H groups in total. The number of pyridine rings is 1. The third kappa shape index (κ3) is 1.76. The molecule has 0 bridgehead atoms. The molecule has 0 saturated carbocycles. The molecule has 4 heteroatoms. The Morgan fingerprint density at radius 3 is 2.93 bits per heavy atom. The van der Waals surface area contributed by atoms with Crippen LogP contribution in [0, 0.1) is 0 Å². The third-order valence-electron chi connectivity index (χ3n) is 2.21. The molecule has 0 atom stereocenters. The molecule has 2 rings (SSSR count). The highest BCUT2D eigenvalue weighted by Crippen LogP contribution is 2.20. The first-order chi connectivity index (χ1) is 7.24. The van der Waals surface area contributed by atoms with Crippen LogP contribution in [0.3, 0.4) is 0 Å². The van der Waals surface area contributed by atoms with Crippen LogP contribution in [0.15, 0.2) is 35.3 Å². The highest BCUT2D eigenvalue weighted by Gasteiger charge is 2.05. The number of halogens is 1. The highest BCUT2D eigenvalue weighted by molar-refractivity contribution is 6.35. The number of ether oxygens (including phenoxy) is 1. The molecule has 1 aromatic heterocycles. The lowest BCUT2D eigenvalue weighted by molar-refractivity contribution is 0.134. The molecule has 0 fully saturated rings. The Hall–Kier alpha value is -1.32. The smallest absolute Gasteiger partial charge is 0.189 e. The minimum Gasteiger partial charge on any atom is -0.364 e. The molecule has 0 unspecified atom stereocenters. The van der Waals surface area contributed by atoms with E-state index in [-0.39, 0.29) is 5.43 Å². The van der Waals surface area contributed by atoms with Crippen LogP contribution in [0.25, 0.3) is 10.9 Å². The van der Waals surface area contributed by atoms with Gasteiger partial charge < -0.3 is 9.30 Å². The SMILES string of the molecule is COCn1ccc(=O)c2cccc(Cl)c21. The molecular weight excluding hydrogens is 214 g/mol. The molecule has 2 aromatic rings. The lowest BCUT2D eigenvalue weighted by Gasteiger charge is -2.10. The number of nitrogens with zero attached hydrogens (tertiary/aromatic N) is 1. The molecule has 0 aliphatic rings. The Morgan fingerprint density at radius 2 is 2.20 bits per heavy atom. The van der Waals surface area contributed by atoms with Gasteiger partial charge >= 0.3 is 0 Å². The van der Waals surface area contributed by atoms with Gasteiger partial charge in [-0.3, -0.25) is 4.79 Å². The average molecular weight is 224 g/mol. The van der Waals surface area contributed by atoms with Gasteiger partial charge in [0.15, 0.2) is 5.43 Å². The van der Waals surface area contributed by atoms with Crippen LogP contribution in [-0.4, -0.2) is 11.7 Å². The fourth-order valence-corrected chi connectivity index (χ4v) is 1.86. The van der Waals surface area contributed by atoms with Crippen molar-refractivity contribution >= 4 is 22.5 Å². The summed E-state index contributed by atoms with van der Waals surface area (Å²) in [6, 6.07) is 6.80. The van der Waals surface area contributed by atoms with Gasteiger partial charge in [-0.05, 0) is 12.1 Å². The number of methoxy groups -OCH3 is 1. The molecule has 0 aliphatic heterocycles. The van der Waals surface area contributed by atoms with Gasteiger partial charge in [-0.2, -0.15) is 0 Å². The van der Waals surface area contributed by atoms with E-state index >= 15 is 0 Å². The zero-order valence-electron chi connectivity index (χ0n) is 8.24. The monoisotopic (exact) mass is 223 g/mol. The predicted molar refractivity (Wildman–Crippen MR) is 60.2 cm³/mol. The van der Waals surface area contributed by atoms with Crippen molar-refractivity contribution in [3.05, 3.63) is 45.7 Å². The molecule has 0 spiro atoms. The molecule has 1 aromatic carbocycles. The summed E-state index contributed by atoms with van der Waals surface area (Å²) in [5, 5.41) is 1.17. The summed E-state index contributed by atoms with van der Waals surface area (Å²) in [7, 11) is 1.60. The minimum atomic E-state index is -0.0279.